The largest absolute Gasteiger partial charge is 0.397 e. The molecule has 94 valence electrons. The first kappa shape index (κ1) is 13.1. The number of hydrogen-bond donors (Lipinski definition) is 2. The molecule has 3 N–H and O–H groups in total. The summed E-state index contributed by atoms with van der Waals surface area (Å²) >= 11 is 2.23. The maximum Gasteiger partial charge on any atom is 0.123 e. The fourth-order valence-electron chi connectivity index (χ4n) is 1.69. The summed E-state index contributed by atoms with van der Waals surface area (Å²) in [5.41, 5.74) is 8.70. The van der Waals surface area contributed by atoms with E-state index in [9.17, 15) is 4.39 Å². The van der Waals surface area contributed by atoms with Gasteiger partial charge in [0.15, 0.2) is 0 Å². The molecule has 2 nitrogen and oxygen atoms in total. The van der Waals surface area contributed by atoms with Crippen LogP contribution in [0.5, 0.6) is 0 Å². The van der Waals surface area contributed by atoms with Gasteiger partial charge in [0, 0.05) is 10.1 Å². The first-order valence-corrected chi connectivity index (χ1v) is 6.76. The average Bonchev–Trinajstić information content (AvgIpc) is 2.34. The van der Waals surface area contributed by atoms with Crippen LogP contribution in [0.3, 0.4) is 0 Å². The van der Waals surface area contributed by atoms with Crippen LogP contribution in [0, 0.1) is 9.39 Å². The molecule has 0 fully saturated rings. The molecule has 4 heteroatoms. The number of benzene rings is 2. The minimum atomic E-state index is -0.200. The highest BCUT2D eigenvalue weighted by atomic mass is 127. The Morgan fingerprint density at radius 2 is 1.83 bits per heavy atom. The lowest BCUT2D eigenvalue weighted by atomic mass is 10.1. The number of anilines is 2. The van der Waals surface area contributed by atoms with Crippen LogP contribution in [-0.4, -0.2) is 6.54 Å². The van der Waals surface area contributed by atoms with E-state index in [-0.39, 0.29) is 5.82 Å². The smallest absolute Gasteiger partial charge is 0.123 e. The summed E-state index contributed by atoms with van der Waals surface area (Å²) in [6.45, 7) is 0.774. The maximum atomic E-state index is 12.7. The summed E-state index contributed by atoms with van der Waals surface area (Å²) in [5.74, 6) is -0.200. The van der Waals surface area contributed by atoms with E-state index in [4.69, 9.17) is 5.73 Å². The van der Waals surface area contributed by atoms with E-state index in [0.29, 0.717) is 0 Å². The van der Waals surface area contributed by atoms with E-state index >= 15 is 0 Å². The Bertz CT molecular complexity index is 526. The molecule has 0 amide bonds. The average molecular weight is 356 g/mol. The Morgan fingerprint density at radius 1 is 1.11 bits per heavy atom. The molecule has 0 saturated heterocycles. The Balaban J connectivity index is 1.90. The molecule has 0 saturated carbocycles. The molecule has 0 aliphatic rings. The van der Waals surface area contributed by atoms with Gasteiger partial charge in [0.05, 0.1) is 11.4 Å². The fraction of sp³-hybridized carbons (Fsp3) is 0.143. The Kier molecular flexibility index (Phi) is 4.41. The van der Waals surface area contributed by atoms with Crippen molar-refractivity contribution in [2.45, 2.75) is 6.42 Å². The minimum Gasteiger partial charge on any atom is -0.397 e. The molecule has 0 aliphatic heterocycles. The van der Waals surface area contributed by atoms with Gasteiger partial charge in [-0.25, -0.2) is 4.39 Å². The van der Waals surface area contributed by atoms with Crippen molar-refractivity contribution in [3.63, 3.8) is 0 Å². The third kappa shape index (κ3) is 3.60. The Hall–Kier alpha value is -1.30. The van der Waals surface area contributed by atoms with Crippen LogP contribution in [-0.2, 0) is 6.42 Å². The van der Waals surface area contributed by atoms with Crippen molar-refractivity contribution in [1.82, 2.24) is 0 Å². The van der Waals surface area contributed by atoms with Crippen molar-refractivity contribution in [3.8, 4) is 0 Å². The molecule has 18 heavy (non-hydrogen) atoms. The number of halogens is 2. The van der Waals surface area contributed by atoms with Gasteiger partial charge < -0.3 is 11.1 Å². The lowest BCUT2D eigenvalue weighted by Crippen LogP contribution is -2.07. The van der Waals surface area contributed by atoms with E-state index in [0.717, 1.165) is 33.5 Å². The van der Waals surface area contributed by atoms with Crippen molar-refractivity contribution in [3.05, 3.63) is 57.4 Å². The zero-order valence-electron chi connectivity index (χ0n) is 9.79. The van der Waals surface area contributed by atoms with Crippen molar-refractivity contribution in [2.24, 2.45) is 0 Å². The van der Waals surface area contributed by atoms with E-state index in [2.05, 4.69) is 27.9 Å². The number of nitrogens with one attached hydrogen (secondary N) is 1. The first-order chi connectivity index (χ1) is 8.65. The lowest BCUT2D eigenvalue weighted by Gasteiger charge is -2.09. The van der Waals surface area contributed by atoms with Gasteiger partial charge in [0.25, 0.3) is 0 Å². The number of nitrogens with two attached hydrogens (primary N) is 1. The summed E-state index contributed by atoms with van der Waals surface area (Å²) in [4.78, 5) is 0. The highest BCUT2D eigenvalue weighted by Crippen LogP contribution is 2.20. The number of nitrogen functional groups attached to an aromatic ring is 1. The van der Waals surface area contributed by atoms with Gasteiger partial charge in [-0.1, -0.05) is 12.1 Å². The molecule has 0 radical (unpaired) electrons. The highest BCUT2D eigenvalue weighted by Gasteiger charge is 1.99. The normalized spacial score (nSPS) is 10.3. The molecule has 0 spiro atoms. The molecule has 2 aromatic carbocycles. The quantitative estimate of drug-likeness (QED) is 0.648. The van der Waals surface area contributed by atoms with Gasteiger partial charge in [-0.2, -0.15) is 0 Å². The molecule has 0 unspecified atom stereocenters. The summed E-state index contributed by atoms with van der Waals surface area (Å²) in [6, 6.07) is 12.5. The molecule has 2 aromatic rings. The molecular formula is C14H14FIN2. The zero-order valence-corrected chi connectivity index (χ0v) is 11.9. The van der Waals surface area contributed by atoms with Gasteiger partial charge >= 0.3 is 0 Å². The third-order valence-corrected chi connectivity index (χ3v) is 3.33. The zero-order chi connectivity index (χ0) is 13.0. The van der Waals surface area contributed by atoms with E-state index in [1.54, 1.807) is 12.1 Å². The number of hydrogen-bond acceptors (Lipinski definition) is 2. The fourth-order valence-corrected chi connectivity index (χ4v) is 2.20. The van der Waals surface area contributed by atoms with Crippen molar-refractivity contribution in [1.29, 1.82) is 0 Å². The third-order valence-electron chi connectivity index (χ3n) is 2.66. The second-order valence-electron chi connectivity index (χ2n) is 4.03. The second-order valence-corrected chi connectivity index (χ2v) is 5.28. The molecule has 0 aromatic heterocycles. The van der Waals surface area contributed by atoms with E-state index < -0.39 is 0 Å². The highest BCUT2D eigenvalue weighted by molar-refractivity contribution is 14.1. The van der Waals surface area contributed by atoms with Gasteiger partial charge in [0.2, 0.25) is 0 Å². The second kappa shape index (κ2) is 6.04. The Labute approximate surface area is 120 Å². The first-order valence-electron chi connectivity index (χ1n) is 5.68. The van der Waals surface area contributed by atoms with Crippen molar-refractivity contribution >= 4 is 34.0 Å². The lowest BCUT2D eigenvalue weighted by molar-refractivity contribution is 0.627. The van der Waals surface area contributed by atoms with Crippen LogP contribution in [0.15, 0.2) is 42.5 Å². The van der Waals surface area contributed by atoms with Crippen LogP contribution in [0.2, 0.25) is 0 Å². The van der Waals surface area contributed by atoms with Crippen LogP contribution < -0.4 is 11.1 Å². The minimum absolute atomic E-state index is 0.200. The van der Waals surface area contributed by atoms with Crippen LogP contribution in [0.4, 0.5) is 15.8 Å². The van der Waals surface area contributed by atoms with Gasteiger partial charge in [-0.3, -0.25) is 0 Å². The molecule has 0 bridgehead atoms. The van der Waals surface area contributed by atoms with Gasteiger partial charge in [-0.05, 0) is 64.9 Å². The summed E-state index contributed by atoms with van der Waals surface area (Å²) < 4.78 is 13.9. The monoisotopic (exact) mass is 356 g/mol. The van der Waals surface area contributed by atoms with Crippen LogP contribution in [0.1, 0.15) is 5.56 Å². The standard InChI is InChI=1S/C14H14FIN2/c15-11-3-1-10(2-4-11)7-8-18-14-6-5-12(16)9-13(14)17/h1-6,9,18H,7-8,17H2. The van der Waals surface area contributed by atoms with Gasteiger partial charge in [0.1, 0.15) is 5.82 Å². The Morgan fingerprint density at radius 3 is 2.50 bits per heavy atom. The van der Waals surface area contributed by atoms with Gasteiger partial charge in [-0.15, -0.1) is 0 Å². The number of rotatable bonds is 4. The molecule has 2 rings (SSSR count). The predicted molar refractivity (Wildman–Crippen MR) is 82.2 cm³/mol. The molecule has 0 atom stereocenters. The molecular weight excluding hydrogens is 342 g/mol. The topological polar surface area (TPSA) is 38.0 Å². The van der Waals surface area contributed by atoms with Crippen molar-refractivity contribution in [2.75, 3.05) is 17.6 Å². The molecule has 0 heterocycles. The summed E-state index contributed by atoms with van der Waals surface area (Å²) in [6.07, 6.45) is 0.839. The summed E-state index contributed by atoms with van der Waals surface area (Å²) in [7, 11) is 0. The van der Waals surface area contributed by atoms with Crippen LogP contribution >= 0.6 is 22.6 Å². The van der Waals surface area contributed by atoms with Crippen molar-refractivity contribution < 1.29 is 4.39 Å². The SMILES string of the molecule is Nc1cc(I)ccc1NCCc1ccc(F)cc1. The molecule has 0 aliphatic carbocycles. The predicted octanol–water partition coefficient (Wildman–Crippen LogP) is 3.67. The van der Waals surface area contributed by atoms with E-state index in [1.807, 2.05) is 18.2 Å². The van der Waals surface area contributed by atoms with E-state index in [1.165, 1.54) is 12.1 Å². The summed E-state index contributed by atoms with van der Waals surface area (Å²) in [5, 5.41) is 3.28. The maximum absolute atomic E-state index is 12.7. The van der Waals surface area contributed by atoms with Crippen LogP contribution in [0.25, 0.3) is 0 Å².